The second kappa shape index (κ2) is 10.4. The fourth-order valence-corrected chi connectivity index (χ4v) is 4.72. The summed E-state index contributed by atoms with van der Waals surface area (Å²) in [6, 6.07) is 6.68. The van der Waals surface area contributed by atoms with Gasteiger partial charge in [0.15, 0.2) is 29.4 Å². The second-order valence-corrected chi connectivity index (χ2v) is 9.41. The number of phenolic OH excluding ortho intramolecular Hbond substituents is 2. The van der Waals surface area contributed by atoms with Crippen molar-refractivity contribution >= 4 is 11.6 Å². The summed E-state index contributed by atoms with van der Waals surface area (Å²) in [4.78, 5) is 26.0. The molecule has 9 unspecified atom stereocenters. The molecule has 0 amide bonds. The molecule has 210 valence electrons. The summed E-state index contributed by atoms with van der Waals surface area (Å²) in [5, 5.41) is 81.9. The molecule has 5 rings (SSSR count). The number of carbonyl (C=O) groups is 2. The van der Waals surface area contributed by atoms with E-state index < -0.39 is 102 Å². The molecular weight excluding hydrogens is 524 g/mol. The van der Waals surface area contributed by atoms with E-state index in [1.165, 1.54) is 24.3 Å². The van der Waals surface area contributed by atoms with Gasteiger partial charge in [0.1, 0.15) is 48.5 Å². The van der Waals surface area contributed by atoms with Gasteiger partial charge in [0.05, 0.1) is 24.3 Å². The Morgan fingerprint density at radius 2 is 1.41 bits per heavy atom. The lowest BCUT2D eigenvalue weighted by atomic mass is 9.83. The van der Waals surface area contributed by atoms with Crippen molar-refractivity contribution in [2.24, 2.45) is 0 Å². The number of hydrogen-bond donors (Lipinski definition) is 8. The molecule has 0 radical (unpaired) electrons. The maximum Gasteiger partial charge on any atom is 0.229 e. The van der Waals surface area contributed by atoms with Gasteiger partial charge in [-0.2, -0.15) is 0 Å². The standard InChI is InChI=1S/C25H26O14/c26-10-5-12(19(31)15-14(10)16(28)8-3-1-2-4-9(8)17(15)29)38-25-23(35)21(33)20(32)13(39-25)7-37-24-22(34)18(30)11(27)6-36-24/h1-5,11,13,18,20-27,30-35H,6-7H2. The van der Waals surface area contributed by atoms with Crippen molar-refractivity contribution in [3.8, 4) is 17.2 Å². The van der Waals surface area contributed by atoms with Crippen LogP contribution in [0.2, 0.25) is 0 Å². The molecule has 2 saturated heterocycles. The van der Waals surface area contributed by atoms with Crippen LogP contribution in [0.3, 0.4) is 0 Å². The van der Waals surface area contributed by atoms with E-state index in [2.05, 4.69) is 0 Å². The van der Waals surface area contributed by atoms with Gasteiger partial charge in [-0.15, -0.1) is 0 Å². The third kappa shape index (κ3) is 4.65. The minimum absolute atomic E-state index is 0.00341. The molecule has 2 aromatic carbocycles. The van der Waals surface area contributed by atoms with E-state index in [-0.39, 0.29) is 17.7 Å². The first-order valence-electron chi connectivity index (χ1n) is 11.9. The molecule has 9 atom stereocenters. The average molecular weight is 550 g/mol. The summed E-state index contributed by atoms with van der Waals surface area (Å²) in [6.07, 6.45) is -14.6. The minimum atomic E-state index is -1.89. The Balaban J connectivity index is 1.37. The SMILES string of the molecule is O=C1c2ccccc2C(=O)c2c(O)c(OC3OC(COC4OCC(O)C(O)C4O)C(O)C(O)C3O)cc(O)c21. The number of aliphatic hydroxyl groups excluding tert-OH is 6. The van der Waals surface area contributed by atoms with Gasteiger partial charge in [0.2, 0.25) is 6.29 Å². The van der Waals surface area contributed by atoms with Crippen LogP contribution in [-0.2, 0) is 14.2 Å². The molecular formula is C25H26O14. The van der Waals surface area contributed by atoms with Crippen molar-refractivity contribution < 1.29 is 69.4 Å². The van der Waals surface area contributed by atoms with Gasteiger partial charge >= 0.3 is 0 Å². The normalized spacial score (nSPS) is 34.4. The van der Waals surface area contributed by atoms with Gasteiger partial charge in [0, 0.05) is 17.2 Å². The summed E-state index contributed by atoms with van der Waals surface area (Å²) < 4.78 is 21.4. The molecule has 1 aliphatic carbocycles. The lowest BCUT2D eigenvalue weighted by Gasteiger charge is -2.41. The molecule has 0 saturated carbocycles. The largest absolute Gasteiger partial charge is 0.507 e. The molecule has 2 heterocycles. The smallest absolute Gasteiger partial charge is 0.229 e. The number of aliphatic hydroxyl groups is 6. The van der Waals surface area contributed by atoms with Crippen molar-refractivity contribution in [3.63, 3.8) is 0 Å². The lowest BCUT2D eigenvalue weighted by molar-refractivity contribution is -0.307. The number of ether oxygens (including phenoxy) is 4. The molecule has 2 aromatic rings. The number of aromatic hydroxyl groups is 2. The van der Waals surface area contributed by atoms with Crippen LogP contribution in [0.4, 0.5) is 0 Å². The Hall–Kier alpha value is -3.18. The Kier molecular flexibility index (Phi) is 7.32. The molecule has 0 aromatic heterocycles. The number of benzene rings is 2. The Morgan fingerprint density at radius 1 is 0.795 bits per heavy atom. The minimum Gasteiger partial charge on any atom is -0.507 e. The van der Waals surface area contributed by atoms with E-state index in [4.69, 9.17) is 18.9 Å². The first-order valence-corrected chi connectivity index (χ1v) is 11.9. The van der Waals surface area contributed by atoms with Crippen LogP contribution in [0, 0.1) is 0 Å². The Bertz CT molecular complexity index is 1280. The summed E-state index contributed by atoms with van der Waals surface area (Å²) in [5.41, 5.74) is -0.924. The molecule has 39 heavy (non-hydrogen) atoms. The zero-order chi connectivity index (χ0) is 28.2. The lowest BCUT2D eigenvalue weighted by Crippen LogP contribution is -2.61. The first kappa shape index (κ1) is 27.4. The highest BCUT2D eigenvalue weighted by Gasteiger charge is 2.47. The Morgan fingerprint density at radius 3 is 2.08 bits per heavy atom. The van der Waals surface area contributed by atoms with Gasteiger partial charge in [-0.25, -0.2) is 0 Å². The van der Waals surface area contributed by atoms with E-state index in [1.807, 2.05) is 0 Å². The van der Waals surface area contributed by atoms with E-state index in [9.17, 15) is 50.4 Å². The van der Waals surface area contributed by atoms with Crippen molar-refractivity contribution in [2.45, 2.75) is 55.3 Å². The van der Waals surface area contributed by atoms with Gasteiger partial charge in [0.25, 0.3) is 0 Å². The highest BCUT2D eigenvalue weighted by molar-refractivity contribution is 6.30. The molecule has 14 nitrogen and oxygen atoms in total. The van der Waals surface area contributed by atoms with Crippen LogP contribution >= 0.6 is 0 Å². The van der Waals surface area contributed by atoms with Crippen LogP contribution in [0.5, 0.6) is 17.2 Å². The van der Waals surface area contributed by atoms with E-state index >= 15 is 0 Å². The van der Waals surface area contributed by atoms with Crippen LogP contribution in [0.1, 0.15) is 31.8 Å². The van der Waals surface area contributed by atoms with Crippen LogP contribution in [-0.4, -0.2) is 121 Å². The average Bonchev–Trinajstić information content (AvgIpc) is 2.92. The number of ketones is 2. The highest BCUT2D eigenvalue weighted by atomic mass is 16.7. The molecule has 8 N–H and O–H groups in total. The maximum atomic E-state index is 13.1. The topological polar surface area (TPSA) is 233 Å². The summed E-state index contributed by atoms with van der Waals surface area (Å²) in [6.45, 7) is -0.905. The molecule has 3 aliphatic rings. The van der Waals surface area contributed by atoms with Gasteiger partial charge in [-0.3, -0.25) is 9.59 Å². The number of phenols is 2. The quantitative estimate of drug-likeness (QED) is 0.154. The van der Waals surface area contributed by atoms with Gasteiger partial charge in [-0.1, -0.05) is 24.3 Å². The van der Waals surface area contributed by atoms with Crippen LogP contribution in [0.15, 0.2) is 30.3 Å². The summed E-state index contributed by atoms with van der Waals surface area (Å²) >= 11 is 0. The monoisotopic (exact) mass is 550 g/mol. The number of carbonyl (C=O) groups excluding carboxylic acids is 2. The fourth-order valence-electron chi connectivity index (χ4n) is 4.72. The first-order chi connectivity index (χ1) is 18.5. The van der Waals surface area contributed by atoms with Crippen LogP contribution in [0.25, 0.3) is 0 Å². The summed E-state index contributed by atoms with van der Waals surface area (Å²) in [5.74, 6) is -3.55. The van der Waals surface area contributed by atoms with Gasteiger partial charge < -0.3 is 59.8 Å². The zero-order valence-corrected chi connectivity index (χ0v) is 20.0. The Labute approximate surface area is 219 Å². The van der Waals surface area contributed by atoms with Crippen LogP contribution < -0.4 is 4.74 Å². The van der Waals surface area contributed by atoms with Crippen molar-refractivity contribution in [1.82, 2.24) is 0 Å². The maximum absolute atomic E-state index is 13.1. The third-order valence-electron chi connectivity index (χ3n) is 6.91. The van der Waals surface area contributed by atoms with Crippen molar-refractivity contribution in [2.75, 3.05) is 13.2 Å². The van der Waals surface area contributed by atoms with Crippen molar-refractivity contribution in [1.29, 1.82) is 0 Å². The second-order valence-electron chi connectivity index (χ2n) is 9.41. The van der Waals surface area contributed by atoms with Gasteiger partial charge in [-0.05, 0) is 0 Å². The molecule has 14 heteroatoms. The predicted molar refractivity (Wildman–Crippen MR) is 124 cm³/mol. The van der Waals surface area contributed by atoms with E-state index in [1.54, 1.807) is 0 Å². The number of fused-ring (bicyclic) bond motifs is 2. The van der Waals surface area contributed by atoms with E-state index in [0.29, 0.717) is 0 Å². The predicted octanol–water partition coefficient (Wildman–Crippen LogP) is -2.48. The molecule has 0 bridgehead atoms. The van der Waals surface area contributed by atoms with E-state index in [0.717, 1.165) is 6.07 Å². The number of hydrogen-bond acceptors (Lipinski definition) is 14. The summed E-state index contributed by atoms with van der Waals surface area (Å²) in [7, 11) is 0. The number of rotatable bonds is 5. The molecule has 2 fully saturated rings. The molecule has 0 spiro atoms. The highest BCUT2D eigenvalue weighted by Crippen LogP contribution is 2.44. The fraction of sp³-hybridized carbons (Fsp3) is 0.440. The third-order valence-corrected chi connectivity index (χ3v) is 6.91. The zero-order valence-electron chi connectivity index (χ0n) is 20.0. The van der Waals surface area contributed by atoms with Crippen molar-refractivity contribution in [3.05, 3.63) is 52.6 Å². The molecule has 2 aliphatic heterocycles.